The zero-order chi connectivity index (χ0) is 7.82. The van der Waals surface area contributed by atoms with Gasteiger partial charge in [-0.2, -0.15) is 0 Å². The van der Waals surface area contributed by atoms with E-state index in [9.17, 15) is 0 Å². The van der Waals surface area contributed by atoms with Crippen molar-refractivity contribution in [1.29, 1.82) is 0 Å². The average Bonchev–Trinajstić information content (AvgIpc) is 1.98. The molecule has 0 unspecified atom stereocenters. The molecule has 0 aliphatic heterocycles. The van der Waals surface area contributed by atoms with Crippen LogP contribution in [0, 0.1) is 6.92 Å². The SMILES string of the molecule is [CH2]C=C(C)CCCCCC. The maximum absolute atomic E-state index is 3.72. The highest BCUT2D eigenvalue weighted by atomic mass is 13.9. The molecule has 10 heavy (non-hydrogen) atoms. The fourth-order valence-corrected chi connectivity index (χ4v) is 0.933. The largest absolute Gasteiger partial charge is 0.0853 e. The number of hydrogen-bond acceptors (Lipinski definition) is 0. The first-order chi connectivity index (χ1) is 4.81. The lowest BCUT2D eigenvalue weighted by Gasteiger charge is -1.98. The number of allylic oxidation sites excluding steroid dienone is 2. The van der Waals surface area contributed by atoms with Gasteiger partial charge < -0.3 is 0 Å². The molecule has 1 radical (unpaired) electrons. The molecule has 0 nitrogen and oxygen atoms in total. The van der Waals surface area contributed by atoms with Crippen molar-refractivity contribution in [2.45, 2.75) is 46.0 Å². The van der Waals surface area contributed by atoms with E-state index in [4.69, 9.17) is 0 Å². The summed E-state index contributed by atoms with van der Waals surface area (Å²) in [6.07, 6.45) is 8.63. The van der Waals surface area contributed by atoms with E-state index in [0.29, 0.717) is 0 Å². The summed E-state index contributed by atoms with van der Waals surface area (Å²) in [6.45, 7) is 8.11. The van der Waals surface area contributed by atoms with Crippen LogP contribution < -0.4 is 0 Å². The van der Waals surface area contributed by atoms with Crippen molar-refractivity contribution >= 4 is 0 Å². The fourth-order valence-electron chi connectivity index (χ4n) is 0.933. The van der Waals surface area contributed by atoms with Crippen LogP contribution in [0.2, 0.25) is 0 Å². The second kappa shape index (κ2) is 6.85. The summed E-state index contributed by atoms with van der Waals surface area (Å²) < 4.78 is 0. The van der Waals surface area contributed by atoms with Gasteiger partial charge in [0.15, 0.2) is 0 Å². The third-order valence-electron chi connectivity index (χ3n) is 1.77. The van der Waals surface area contributed by atoms with Crippen molar-refractivity contribution in [2.75, 3.05) is 0 Å². The second-order valence-electron chi connectivity index (χ2n) is 2.86. The highest BCUT2D eigenvalue weighted by Gasteiger charge is 1.88. The zero-order valence-corrected chi connectivity index (χ0v) is 7.32. The Hall–Kier alpha value is -0.260. The number of rotatable bonds is 5. The van der Waals surface area contributed by atoms with Crippen LogP contribution in [-0.4, -0.2) is 0 Å². The molecule has 0 atom stereocenters. The summed E-state index contributed by atoms with van der Waals surface area (Å²) in [5, 5.41) is 0. The number of hydrogen-bond donors (Lipinski definition) is 0. The van der Waals surface area contributed by atoms with Crippen LogP contribution in [0.4, 0.5) is 0 Å². The van der Waals surface area contributed by atoms with Gasteiger partial charge in [0.05, 0.1) is 0 Å². The molecule has 0 heterocycles. The van der Waals surface area contributed by atoms with Crippen LogP contribution in [0.3, 0.4) is 0 Å². The van der Waals surface area contributed by atoms with Gasteiger partial charge in [-0.25, -0.2) is 0 Å². The highest BCUT2D eigenvalue weighted by Crippen LogP contribution is 2.08. The first-order valence-electron chi connectivity index (χ1n) is 4.26. The van der Waals surface area contributed by atoms with E-state index < -0.39 is 0 Å². The fraction of sp³-hybridized carbons (Fsp3) is 0.700. The smallest absolute Gasteiger partial charge is 0.0313 e. The lowest BCUT2D eigenvalue weighted by atomic mass is 10.1. The molecule has 0 aliphatic rings. The molecule has 0 spiro atoms. The van der Waals surface area contributed by atoms with Crippen LogP contribution in [0.1, 0.15) is 46.0 Å². The molecule has 0 aromatic heterocycles. The molecule has 59 valence electrons. The highest BCUT2D eigenvalue weighted by molar-refractivity contribution is 4.99. The average molecular weight is 139 g/mol. The van der Waals surface area contributed by atoms with Crippen molar-refractivity contribution in [3.63, 3.8) is 0 Å². The molecule has 0 aliphatic carbocycles. The molecule has 0 aromatic carbocycles. The molecule has 0 bridgehead atoms. The molecular weight excluding hydrogens is 120 g/mol. The summed E-state index contributed by atoms with van der Waals surface area (Å²) in [5.41, 5.74) is 1.43. The Morgan fingerprint density at radius 1 is 1.30 bits per heavy atom. The number of unbranched alkanes of at least 4 members (excludes halogenated alkanes) is 3. The van der Waals surface area contributed by atoms with E-state index in [1.54, 1.807) is 0 Å². The van der Waals surface area contributed by atoms with Crippen LogP contribution >= 0.6 is 0 Å². The predicted octanol–water partition coefficient (Wildman–Crippen LogP) is 3.74. The first kappa shape index (κ1) is 9.74. The predicted molar refractivity (Wildman–Crippen MR) is 47.9 cm³/mol. The van der Waals surface area contributed by atoms with Gasteiger partial charge in [0.25, 0.3) is 0 Å². The maximum Gasteiger partial charge on any atom is -0.0313 e. The minimum absolute atomic E-state index is 1.24. The van der Waals surface area contributed by atoms with Crippen LogP contribution in [0.5, 0.6) is 0 Å². The van der Waals surface area contributed by atoms with Crippen molar-refractivity contribution in [1.82, 2.24) is 0 Å². The van der Waals surface area contributed by atoms with Crippen LogP contribution in [0.25, 0.3) is 0 Å². The van der Waals surface area contributed by atoms with Gasteiger partial charge in [-0.15, -0.1) is 0 Å². The quantitative estimate of drug-likeness (QED) is 0.509. The summed E-state index contributed by atoms with van der Waals surface area (Å²) in [5.74, 6) is 0. The molecule has 0 N–H and O–H groups in total. The zero-order valence-electron chi connectivity index (χ0n) is 7.32. The van der Waals surface area contributed by atoms with E-state index in [1.807, 2.05) is 6.08 Å². The van der Waals surface area contributed by atoms with E-state index in [1.165, 1.54) is 37.7 Å². The monoisotopic (exact) mass is 139 g/mol. The summed E-state index contributed by atoms with van der Waals surface area (Å²) in [7, 11) is 0. The minimum atomic E-state index is 1.24. The van der Waals surface area contributed by atoms with Crippen LogP contribution in [-0.2, 0) is 0 Å². The topological polar surface area (TPSA) is 0 Å². The van der Waals surface area contributed by atoms with Crippen molar-refractivity contribution in [3.05, 3.63) is 18.6 Å². The Balaban J connectivity index is 3.04. The van der Waals surface area contributed by atoms with E-state index >= 15 is 0 Å². The normalized spacial score (nSPS) is 12.1. The van der Waals surface area contributed by atoms with Crippen LogP contribution in [0.15, 0.2) is 11.6 Å². The van der Waals surface area contributed by atoms with E-state index in [0.717, 1.165) is 0 Å². The molecule has 0 amide bonds. The van der Waals surface area contributed by atoms with E-state index in [2.05, 4.69) is 20.8 Å². The van der Waals surface area contributed by atoms with Crippen molar-refractivity contribution in [3.8, 4) is 0 Å². The summed E-state index contributed by atoms with van der Waals surface area (Å²) in [6, 6.07) is 0. The van der Waals surface area contributed by atoms with Gasteiger partial charge in [0, 0.05) is 0 Å². The third kappa shape index (κ3) is 5.87. The van der Waals surface area contributed by atoms with Gasteiger partial charge in [0.2, 0.25) is 0 Å². The summed E-state index contributed by atoms with van der Waals surface area (Å²) in [4.78, 5) is 0. The van der Waals surface area contributed by atoms with Gasteiger partial charge in [-0.1, -0.05) is 37.8 Å². The Labute approximate surface area is 65.3 Å². The van der Waals surface area contributed by atoms with Gasteiger partial charge in [-0.3, -0.25) is 0 Å². The van der Waals surface area contributed by atoms with Gasteiger partial charge >= 0.3 is 0 Å². The molecule has 0 saturated carbocycles. The molecule has 0 heteroatoms. The van der Waals surface area contributed by atoms with Gasteiger partial charge in [0.1, 0.15) is 0 Å². The first-order valence-corrected chi connectivity index (χ1v) is 4.26. The van der Waals surface area contributed by atoms with Gasteiger partial charge in [-0.05, 0) is 26.7 Å². The molecule has 0 aromatic rings. The van der Waals surface area contributed by atoms with Crippen molar-refractivity contribution < 1.29 is 0 Å². The Morgan fingerprint density at radius 2 is 2.00 bits per heavy atom. The molecular formula is C10H19. The molecule has 0 fully saturated rings. The van der Waals surface area contributed by atoms with Crippen molar-refractivity contribution in [2.24, 2.45) is 0 Å². The lowest BCUT2D eigenvalue weighted by Crippen LogP contribution is -1.78. The Kier molecular flexibility index (Phi) is 6.68. The third-order valence-corrected chi connectivity index (χ3v) is 1.77. The summed E-state index contributed by atoms with van der Waals surface area (Å²) >= 11 is 0. The Morgan fingerprint density at radius 3 is 2.50 bits per heavy atom. The lowest BCUT2D eigenvalue weighted by molar-refractivity contribution is 0.664. The Bertz CT molecular complexity index is 90.2. The standard InChI is InChI=1S/C10H19/c1-4-6-7-8-9-10(3)5-2/h5H,2,4,6-9H2,1,3H3. The maximum atomic E-state index is 3.72. The minimum Gasteiger partial charge on any atom is -0.0853 e. The molecule has 0 rings (SSSR count). The van der Waals surface area contributed by atoms with E-state index in [-0.39, 0.29) is 0 Å². The molecule has 0 saturated heterocycles. The second-order valence-corrected chi connectivity index (χ2v) is 2.86.